The lowest BCUT2D eigenvalue weighted by Gasteiger charge is -2.29. The number of hydrogen-bond donors (Lipinski definition) is 1. The summed E-state index contributed by atoms with van der Waals surface area (Å²) in [4.78, 5) is 4.45. The van der Waals surface area contributed by atoms with Gasteiger partial charge in [0.2, 0.25) is 0 Å². The average Bonchev–Trinajstić information content (AvgIpc) is 3.29. The van der Waals surface area contributed by atoms with Gasteiger partial charge < -0.3 is 5.73 Å². The van der Waals surface area contributed by atoms with Gasteiger partial charge in [-0.1, -0.05) is 43.3 Å². The topological polar surface area (TPSA) is 38.9 Å². The smallest absolute Gasteiger partial charge is 0.0447 e. The summed E-state index contributed by atoms with van der Waals surface area (Å²) in [6, 6.07) is 16.9. The van der Waals surface area contributed by atoms with E-state index in [0.717, 1.165) is 5.69 Å². The van der Waals surface area contributed by atoms with Crippen molar-refractivity contribution < 1.29 is 0 Å². The first-order valence-corrected chi connectivity index (χ1v) is 6.96. The lowest BCUT2D eigenvalue weighted by atomic mass is 9.80. The molecule has 0 spiro atoms. The van der Waals surface area contributed by atoms with E-state index in [4.69, 9.17) is 5.73 Å². The summed E-state index contributed by atoms with van der Waals surface area (Å²) in [5.74, 6) is 0.281. The van der Waals surface area contributed by atoms with Crippen LogP contribution in [0.2, 0.25) is 0 Å². The lowest BCUT2D eigenvalue weighted by Crippen LogP contribution is -2.39. The van der Waals surface area contributed by atoms with Gasteiger partial charge in [0.1, 0.15) is 0 Å². The maximum absolute atomic E-state index is 6.58. The van der Waals surface area contributed by atoms with Crippen molar-refractivity contribution in [2.24, 2.45) is 5.73 Å². The first kappa shape index (κ1) is 12.4. The molecule has 98 valence electrons. The van der Waals surface area contributed by atoms with Gasteiger partial charge in [-0.25, -0.2) is 0 Å². The number of nitrogens with two attached hydrogens (primary N) is 1. The molecule has 0 saturated heterocycles. The first-order valence-electron chi connectivity index (χ1n) is 6.96. The van der Waals surface area contributed by atoms with Crippen molar-refractivity contribution in [1.29, 1.82) is 0 Å². The molecule has 2 nitrogen and oxygen atoms in total. The van der Waals surface area contributed by atoms with E-state index in [9.17, 15) is 0 Å². The summed E-state index contributed by atoms with van der Waals surface area (Å²) < 4.78 is 0. The Morgan fingerprint density at radius 3 is 2.32 bits per heavy atom. The Morgan fingerprint density at radius 2 is 1.74 bits per heavy atom. The van der Waals surface area contributed by atoms with E-state index in [0.29, 0.717) is 0 Å². The van der Waals surface area contributed by atoms with E-state index in [1.807, 2.05) is 18.3 Å². The number of pyridine rings is 1. The van der Waals surface area contributed by atoms with Crippen LogP contribution in [0.15, 0.2) is 54.7 Å². The normalized spacial score (nSPS) is 19.7. The fraction of sp³-hybridized carbons (Fsp3) is 0.353. The highest BCUT2D eigenvalue weighted by atomic mass is 14.8. The summed E-state index contributed by atoms with van der Waals surface area (Å²) in [5, 5.41) is 0. The second-order valence-corrected chi connectivity index (χ2v) is 5.59. The standard InChI is InChI=1S/C17H20N2/c1-13(15-9-5-6-12-19-15)16(18)17(10-11-17)14-7-3-2-4-8-14/h2-9,12-13,16H,10-11,18H2,1H3. The third kappa shape index (κ3) is 2.17. The molecular formula is C17H20N2. The van der Waals surface area contributed by atoms with Crippen LogP contribution in [0.4, 0.5) is 0 Å². The van der Waals surface area contributed by atoms with Crippen molar-refractivity contribution in [3.63, 3.8) is 0 Å². The van der Waals surface area contributed by atoms with Gasteiger partial charge in [0.15, 0.2) is 0 Å². The molecule has 2 aromatic rings. The molecular weight excluding hydrogens is 232 g/mol. The molecule has 3 rings (SSSR count). The van der Waals surface area contributed by atoms with Crippen LogP contribution in [-0.2, 0) is 5.41 Å². The highest BCUT2D eigenvalue weighted by molar-refractivity contribution is 5.35. The summed E-state index contributed by atoms with van der Waals surface area (Å²) in [6.07, 6.45) is 4.23. The monoisotopic (exact) mass is 252 g/mol. The zero-order valence-corrected chi connectivity index (χ0v) is 11.3. The van der Waals surface area contributed by atoms with Gasteiger partial charge in [0.05, 0.1) is 0 Å². The molecule has 0 aliphatic heterocycles. The SMILES string of the molecule is CC(c1ccccn1)C(N)C1(c2ccccc2)CC1. The summed E-state index contributed by atoms with van der Waals surface area (Å²) >= 11 is 0. The van der Waals surface area contributed by atoms with E-state index >= 15 is 0 Å². The predicted octanol–water partition coefficient (Wildman–Crippen LogP) is 3.24. The summed E-state index contributed by atoms with van der Waals surface area (Å²) in [5.41, 5.74) is 9.22. The molecule has 1 saturated carbocycles. The molecule has 2 heteroatoms. The molecule has 0 radical (unpaired) electrons. The third-order valence-corrected chi connectivity index (χ3v) is 4.47. The Kier molecular flexibility index (Phi) is 3.11. The molecule has 2 atom stereocenters. The van der Waals surface area contributed by atoms with Gasteiger partial charge in [-0.15, -0.1) is 0 Å². The number of nitrogens with zero attached hydrogens (tertiary/aromatic N) is 1. The predicted molar refractivity (Wildman–Crippen MR) is 78.0 cm³/mol. The highest BCUT2D eigenvalue weighted by Gasteiger charge is 2.51. The van der Waals surface area contributed by atoms with Crippen molar-refractivity contribution in [1.82, 2.24) is 4.98 Å². The molecule has 19 heavy (non-hydrogen) atoms. The maximum Gasteiger partial charge on any atom is 0.0447 e. The van der Waals surface area contributed by atoms with Gasteiger partial charge in [-0.2, -0.15) is 0 Å². The minimum absolute atomic E-state index is 0.129. The molecule has 0 bridgehead atoms. The quantitative estimate of drug-likeness (QED) is 0.907. The Bertz CT molecular complexity index is 532. The minimum Gasteiger partial charge on any atom is -0.326 e. The Morgan fingerprint density at radius 1 is 1.05 bits per heavy atom. The van der Waals surface area contributed by atoms with Crippen LogP contribution in [0, 0.1) is 0 Å². The zero-order valence-electron chi connectivity index (χ0n) is 11.3. The van der Waals surface area contributed by atoms with Gasteiger partial charge in [-0.05, 0) is 30.5 Å². The van der Waals surface area contributed by atoms with Crippen LogP contribution in [0.1, 0.15) is 36.9 Å². The summed E-state index contributed by atoms with van der Waals surface area (Å²) in [6.45, 7) is 2.19. The zero-order chi connectivity index (χ0) is 13.3. The van der Waals surface area contributed by atoms with Crippen molar-refractivity contribution in [3.8, 4) is 0 Å². The second kappa shape index (κ2) is 4.78. The molecule has 1 fully saturated rings. The van der Waals surface area contributed by atoms with E-state index < -0.39 is 0 Å². The van der Waals surface area contributed by atoms with E-state index in [-0.39, 0.29) is 17.4 Å². The molecule has 1 aliphatic rings. The lowest BCUT2D eigenvalue weighted by molar-refractivity contribution is 0.446. The molecule has 1 heterocycles. The summed E-state index contributed by atoms with van der Waals surface area (Å²) in [7, 11) is 0. The van der Waals surface area contributed by atoms with E-state index in [1.54, 1.807) is 0 Å². The number of benzene rings is 1. The minimum atomic E-state index is 0.129. The van der Waals surface area contributed by atoms with Crippen LogP contribution in [0.5, 0.6) is 0 Å². The van der Waals surface area contributed by atoms with Crippen LogP contribution in [0.3, 0.4) is 0 Å². The van der Waals surface area contributed by atoms with Crippen LogP contribution in [-0.4, -0.2) is 11.0 Å². The third-order valence-electron chi connectivity index (χ3n) is 4.47. The molecule has 1 aromatic heterocycles. The fourth-order valence-corrected chi connectivity index (χ4v) is 3.03. The van der Waals surface area contributed by atoms with Gasteiger partial charge >= 0.3 is 0 Å². The first-order chi connectivity index (χ1) is 9.24. The molecule has 0 amide bonds. The van der Waals surface area contributed by atoms with Crippen molar-refractivity contribution in [2.75, 3.05) is 0 Å². The number of hydrogen-bond acceptors (Lipinski definition) is 2. The average molecular weight is 252 g/mol. The Hall–Kier alpha value is -1.67. The molecule has 1 aromatic carbocycles. The van der Waals surface area contributed by atoms with Crippen LogP contribution in [0.25, 0.3) is 0 Å². The largest absolute Gasteiger partial charge is 0.326 e. The fourth-order valence-electron chi connectivity index (χ4n) is 3.03. The Labute approximate surface area is 114 Å². The van der Waals surface area contributed by atoms with E-state index in [1.165, 1.54) is 18.4 Å². The van der Waals surface area contributed by atoms with Gasteiger partial charge in [0.25, 0.3) is 0 Å². The van der Waals surface area contributed by atoms with Crippen LogP contribution < -0.4 is 5.73 Å². The number of rotatable bonds is 4. The molecule has 1 aliphatic carbocycles. The van der Waals surface area contributed by atoms with Gasteiger partial charge in [0, 0.05) is 29.3 Å². The Balaban J connectivity index is 1.86. The van der Waals surface area contributed by atoms with E-state index in [2.05, 4.69) is 48.3 Å². The van der Waals surface area contributed by atoms with Crippen molar-refractivity contribution in [2.45, 2.75) is 37.1 Å². The van der Waals surface area contributed by atoms with Crippen LogP contribution >= 0.6 is 0 Å². The number of aromatic nitrogens is 1. The highest BCUT2D eigenvalue weighted by Crippen LogP contribution is 2.53. The van der Waals surface area contributed by atoms with Crippen molar-refractivity contribution >= 4 is 0 Å². The maximum atomic E-state index is 6.58. The second-order valence-electron chi connectivity index (χ2n) is 5.59. The van der Waals surface area contributed by atoms with Crippen molar-refractivity contribution in [3.05, 3.63) is 66.0 Å². The molecule has 2 N–H and O–H groups in total. The molecule has 2 unspecified atom stereocenters. The van der Waals surface area contributed by atoms with Gasteiger partial charge in [-0.3, -0.25) is 4.98 Å².